The highest BCUT2D eigenvalue weighted by atomic mass is 79.9. The molecule has 0 amide bonds. The highest BCUT2D eigenvalue weighted by Gasteiger charge is 2.08. The second-order valence-electron chi connectivity index (χ2n) is 4.63. The summed E-state index contributed by atoms with van der Waals surface area (Å²) in [6, 6.07) is 20.1. The molecule has 0 aliphatic heterocycles. The zero-order chi connectivity index (χ0) is 15.4. The molecule has 22 heavy (non-hydrogen) atoms. The van der Waals surface area contributed by atoms with Crippen molar-refractivity contribution in [2.45, 2.75) is 0 Å². The Morgan fingerprint density at radius 2 is 1.82 bits per heavy atom. The minimum atomic E-state index is 0.578. The third kappa shape index (κ3) is 3.33. The highest BCUT2D eigenvalue weighted by molar-refractivity contribution is 9.10. The monoisotopic (exact) mass is 366 g/mol. The van der Waals surface area contributed by atoms with Crippen LogP contribution in [0.15, 0.2) is 64.5 Å². The van der Waals surface area contributed by atoms with Crippen LogP contribution in [0.4, 0.5) is 0 Å². The lowest BCUT2D eigenvalue weighted by Gasteiger charge is -1.97. The van der Waals surface area contributed by atoms with Crippen molar-refractivity contribution in [3.63, 3.8) is 0 Å². The van der Waals surface area contributed by atoms with Crippen molar-refractivity contribution in [3.8, 4) is 17.3 Å². The average Bonchev–Trinajstić information content (AvgIpc) is 3.05. The second-order valence-corrected chi connectivity index (χ2v) is 6.40. The number of nitriles is 1. The van der Waals surface area contributed by atoms with Crippen LogP contribution in [-0.2, 0) is 0 Å². The van der Waals surface area contributed by atoms with Crippen molar-refractivity contribution in [1.29, 1.82) is 5.26 Å². The van der Waals surface area contributed by atoms with Gasteiger partial charge in [-0.2, -0.15) is 5.26 Å². The van der Waals surface area contributed by atoms with E-state index < -0.39 is 0 Å². The van der Waals surface area contributed by atoms with E-state index in [-0.39, 0.29) is 0 Å². The number of thiazole rings is 1. The van der Waals surface area contributed by atoms with Gasteiger partial charge in [-0.1, -0.05) is 58.4 Å². The average molecular weight is 367 g/mol. The second kappa shape index (κ2) is 6.69. The standard InChI is InChI=1S/C18H11BrN2S/c19-16-8-6-13(7-9-16)10-15(11-20)18-21-17(12-22-18)14-4-2-1-3-5-14/h1-10,12H. The zero-order valence-corrected chi connectivity index (χ0v) is 13.9. The van der Waals surface area contributed by atoms with Gasteiger partial charge in [0.05, 0.1) is 11.3 Å². The zero-order valence-electron chi connectivity index (χ0n) is 11.5. The summed E-state index contributed by atoms with van der Waals surface area (Å²) in [4.78, 5) is 4.58. The molecule has 3 rings (SSSR count). The van der Waals surface area contributed by atoms with E-state index in [4.69, 9.17) is 0 Å². The number of aromatic nitrogens is 1. The first kappa shape index (κ1) is 14.7. The van der Waals surface area contributed by atoms with Crippen molar-refractivity contribution in [1.82, 2.24) is 4.98 Å². The molecule has 0 radical (unpaired) electrons. The molecule has 2 aromatic carbocycles. The predicted octanol–water partition coefficient (Wildman–Crippen LogP) is 5.64. The van der Waals surface area contributed by atoms with Crippen molar-refractivity contribution in [2.75, 3.05) is 0 Å². The fourth-order valence-corrected chi connectivity index (χ4v) is 3.07. The summed E-state index contributed by atoms with van der Waals surface area (Å²) in [5.74, 6) is 0. The van der Waals surface area contributed by atoms with Gasteiger partial charge in [0.15, 0.2) is 0 Å². The fourth-order valence-electron chi connectivity index (χ4n) is 2.01. The lowest BCUT2D eigenvalue weighted by atomic mass is 10.1. The Labute approximate surface area is 141 Å². The van der Waals surface area contributed by atoms with Crippen LogP contribution >= 0.6 is 27.3 Å². The maximum atomic E-state index is 9.41. The van der Waals surface area contributed by atoms with E-state index in [1.54, 1.807) is 0 Å². The molecule has 3 aromatic rings. The van der Waals surface area contributed by atoms with Crippen LogP contribution in [0.2, 0.25) is 0 Å². The molecule has 0 aliphatic rings. The summed E-state index contributed by atoms with van der Waals surface area (Å²) in [5.41, 5.74) is 3.52. The lowest BCUT2D eigenvalue weighted by Crippen LogP contribution is -1.82. The van der Waals surface area contributed by atoms with Gasteiger partial charge in [-0.25, -0.2) is 4.98 Å². The van der Waals surface area contributed by atoms with Crippen molar-refractivity contribution < 1.29 is 0 Å². The van der Waals surface area contributed by atoms with Gasteiger partial charge in [-0.05, 0) is 23.8 Å². The summed E-state index contributed by atoms with van der Waals surface area (Å²) >= 11 is 4.90. The highest BCUT2D eigenvalue weighted by Crippen LogP contribution is 2.27. The van der Waals surface area contributed by atoms with Gasteiger partial charge in [0.2, 0.25) is 0 Å². The number of nitrogens with zero attached hydrogens (tertiary/aromatic N) is 2. The van der Waals surface area contributed by atoms with E-state index in [0.717, 1.165) is 26.3 Å². The molecule has 0 N–H and O–H groups in total. The van der Waals surface area contributed by atoms with Gasteiger partial charge in [0.1, 0.15) is 11.1 Å². The van der Waals surface area contributed by atoms with Crippen LogP contribution < -0.4 is 0 Å². The van der Waals surface area contributed by atoms with Crippen LogP contribution in [0, 0.1) is 11.3 Å². The van der Waals surface area contributed by atoms with E-state index in [0.29, 0.717) is 5.57 Å². The number of benzene rings is 2. The van der Waals surface area contributed by atoms with Crippen molar-refractivity contribution >= 4 is 38.9 Å². The lowest BCUT2D eigenvalue weighted by molar-refractivity contribution is 1.37. The molecule has 0 unspecified atom stereocenters. The molecule has 2 nitrogen and oxygen atoms in total. The Morgan fingerprint density at radius 3 is 2.50 bits per heavy atom. The first-order valence-corrected chi connectivity index (χ1v) is 8.32. The van der Waals surface area contributed by atoms with E-state index in [9.17, 15) is 5.26 Å². The van der Waals surface area contributed by atoms with Crippen LogP contribution in [0.5, 0.6) is 0 Å². The van der Waals surface area contributed by atoms with Crippen LogP contribution in [0.25, 0.3) is 22.9 Å². The number of hydrogen-bond acceptors (Lipinski definition) is 3. The minimum Gasteiger partial charge on any atom is -0.235 e. The summed E-state index contributed by atoms with van der Waals surface area (Å²) in [6.07, 6.45) is 1.86. The summed E-state index contributed by atoms with van der Waals surface area (Å²) in [6.45, 7) is 0. The summed E-state index contributed by atoms with van der Waals surface area (Å²) in [5, 5.41) is 12.1. The maximum absolute atomic E-state index is 9.41. The predicted molar refractivity (Wildman–Crippen MR) is 95.2 cm³/mol. The molecule has 1 aromatic heterocycles. The number of hydrogen-bond donors (Lipinski definition) is 0. The number of allylic oxidation sites excluding steroid dienone is 1. The maximum Gasteiger partial charge on any atom is 0.134 e. The SMILES string of the molecule is N#CC(=Cc1ccc(Br)cc1)c1nc(-c2ccccc2)cs1. The topological polar surface area (TPSA) is 36.7 Å². The van der Waals surface area contributed by atoms with Crippen LogP contribution in [0.3, 0.4) is 0 Å². The summed E-state index contributed by atoms with van der Waals surface area (Å²) < 4.78 is 1.02. The smallest absolute Gasteiger partial charge is 0.134 e. The van der Waals surface area contributed by atoms with Crippen molar-refractivity contribution in [2.24, 2.45) is 0 Å². The molecule has 0 atom stereocenters. The molecule has 0 bridgehead atoms. The van der Waals surface area contributed by atoms with Gasteiger partial charge in [0.25, 0.3) is 0 Å². The third-order valence-electron chi connectivity index (χ3n) is 3.11. The Balaban J connectivity index is 1.94. The first-order valence-electron chi connectivity index (χ1n) is 6.65. The van der Waals surface area contributed by atoms with Gasteiger partial charge in [-0.3, -0.25) is 0 Å². The molecular formula is C18H11BrN2S. The molecule has 0 saturated heterocycles. The molecular weight excluding hydrogens is 356 g/mol. The molecule has 0 saturated carbocycles. The van der Waals surface area contributed by atoms with Gasteiger partial charge in [-0.15, -0.1) is 11.3 Å². The molecule has 1 heterocycles. The van der Waals surface area contributed by atoms with E-state index >= 15 is 0 Å². The van der Waals surface area contributed by atoms with Gasteiger partial charge >= 0.3 is 0 Å². The Hall–Kier alpha value is -2.22. The molecule has 0 aliphatic carbocycles. The fraction of sp³-hybridized carbons (Fsp3) is 0. The van der Waals surface area contributed by atoms with Crippen LogP contribution in [-0.4, -0.2) is 4.98 Å². The largest absolute Gasteiger partial charge is 0.235 e. The van der Waals surface area contributed by atoms with E-state index in [1.807, 2.05) is 66.1 Å². The Kier molecular flexibility index (Phi) is 4.47. The van der Waals surface area contributed by atoms with Gasteiger partial charge in [0, 0.05) is 15.4 Å². The van der Waals surface area contributed by atoms with Crippen molar-refractivity contribution in [3.05, 3.63) is 75.0 Å². The Bertz CT molecular complexity index is 843. The van der Waals surface area contributed by atoms with E-state index in [2.05, 4.69) is 27.0 Å². The molecule has 0 spiro atoms. The minimum absolute atomic E-state index is 0.578. The molecule has 106 valence electrons. The molecule has 4 heteroatoms. The van der Waals surface area contributed by atoms with E-state index in [1.165, 1.54) is 11.3 Å². The van der Waals surface area contributed by atoms with Crippen LogP contribution in [0.1, 0.15) is 10.6 Å². The Morgan fingerprint density at radius 1 is 1.09 bits per heavy atom. The van der Waals surface area contributed by atoms with Gasteiger partial charge < -0.3 is 0 Å². The molecule has 0 fully saturated rings. The quantitative estimate of drug-likeness (QED) is 0.562. The third-order valence-corrected chi connectivity index (χ3v) is 4.51. The summed E-state index contributed by atoms with van der Waals surface area (Å²) in [7, 11) is 0. The normalized spacial score (nSPS) is 11.2. The number of halogens is 1. The number of rotatable bonds is 3. The first-order chi connectivity index (χ1) is 10.8.